The number of nitrogens with one attached hydrogen (secondary N) is 1. The van der Waals surface area contributed by atoms with Crippen LogP contribution in [0, 0.1) is 18.3 Å². The molecule has 98 valence electrons. The molecule has 1 aromatic carbocycles. The van der Waals surface area contributed by atoms with Gasteiger partial charge in [0.15, 0.2) is 0 Å². The SMILES string of the molecule is CCNCc1cccn1Cc1ccc(C#N)cc1C. The quantitative estimate of drug-likeness (QED) is 0.890. The maximum atomic E-state index is 8.89. The van der Waals surface area contributed by atoms with Crippen molar-refractivity contribution in [3.05, 3.63) is 58.9 Å². The largest absolute Gasteiger partial charge is 0.346 e. The van der Waals surface area contributed by atoms with E-state index in [0.717, 1.165) is 25.2 Å². The number of rotatable bonds is 5. The molecule has 0 spiro atoms. The molecule has 1 N–H and O–H groups in total. The highest BCUT2D eigenvalue weighted by Crippen LogP contribution is 2.14. The number of aromatic nitrogens is 1. The number of nitriles is 1. The highest BCUT2D eigenvalue weighted by atomic mass is 15.0. The standard InChI is InChI=1S/C16H19N3/c1-3-18-11-16-5-4-8-19(16)12-15-7-6-14(10-17)9-13(15)2/h4-9,18H,3,11-12H2,1-2H3. The van der Waals surface area contributed by atoms with E-state index in [1.54, 1.807) is 0 Å². The van der Waals surface area contributed by atoms with Crippen LogP contribution < -0.4 is 5.32 Å². The summed E-state index contributed by atoms with van der Waals surface area (Å²) in [5.74, 6) is 0. The third kappa shape index (κ3) is 3.24. The normalized spacial score (nSPS) is 10.4. The molecule has 0 fully saturated rings. The van der Waals surface area contributed by atoms with Crippen LogP contribution in [0.5, 0.6) is 0 Å². The number of hydrogen-bond acceptors (Lipinski definition) is 2. The van der Waals surface area contributed by atoms with Crippen molar-refractivity contribution in [2.75, 3.05) is 6.54 Å². The van der Waals surface area contributed by atoms with E-state index in [1.165, 1.54) is 16.8 Å². The van der Waals surface area contributed by atoms with Crippen LogP contribution in [0.3, 0.4) is 0 Å². The summed E-state index contributed by atoms with van der Waals surface area (Å²) in [7, 11) is 0. The van der Waals surface area contributed by atoms with Crippen LogP contribution in [0.1, 0.15) is 29.3 Å². The average molecular weight is 253 g/mol. The monoisotopic (exact) mass is 253 g/mol. The van der Waals surface area contributed by atoms with Gasteiger partial charge in [-0.25, -0.2) is 0 Å². The lowest BCUT2D eigenvalue weighted by molar-refractivity contribution is 0.656. The van der Waals surface area contributed by atoms with Crippen molar-refractivity contribution in [2.45, 2.75) is 26.9 Å². The molecule has 1 aromatic heterocycles. The third-order valence-corrected chi connectivity index (χ3v) is 3.29. The fraction of sp³-hybridized carbons (Fsp3) is 0.312. The summed E-state index contributed by atoms with van der Waals surface area (Å²) in [6, 6.07) is 12.3. The Hall–Kier alpha value is -2.05. The third-order valence-electron chi connectivity index (χ3n) is 3.29. The second-order valence-electron chi connectivity index (χ2n) is 4.66. The van der Waals surface area contributed by atoms with Gasteiger partial charge in [-0.15, -0.1) is 0 Å². The first-order valence-corrected chi connectivity index (χ1v) is 6.59. The zero-order valence-electron chi connectivity index (χ0n) is 11.5. The van der Waals surface area contributed by atoms with Crippen molar-refractivity contribution >= 4 is 0 Å². The summed E-state index contributed by atoms with van der Waals surface area (Å²) in [6.45, 7) is 6.88. The molecule has 0 atom stereocenters. The molecule has 0 amide bonds. The van der Waals surface area contributed by atoms with Crippen molar-refractivity contribution in [1.82, 2.24) is 9.88 Å². The number of benzene rings is 1. The van der Waals surface area contributed by atoms with Crippen LogP contribution >= 0.6 is 0 Å². The van der Waals surface area contributed by atoms with E-state index < -0.39 is 0 Å². The molecular weight excluding hydrogens is 234 g/mol. The van der Waals surface area contributed by atoms with E-state index >= 15 is 0 Å². The molecular formula is C16H19N3. The molecule has 0 bridgehead atoms. The van der Waals surface area contributed by atoms with Gasteiger partial charge < -0.3 is 9.88 Å². The van der Waals surface area contributed by atoms with E-state index in [-0.39, 0.29) is 0 Å². The first kappa shape index (κ1) is 13.4. The lowest BCUT2D eigenvalue weighted by atomic mass is 10.1. The Labute approximate surface area is 114 Å². The van der Waals surface area contributed by atoms with Crippen molar-refractivity contribution in [2.24, 2.45) is 0 Å². The lowest BCUT2D eigenvalue weighted by Crippen LogP contribution is -2.15. The van der Waals surface area contributed by atoms with Crippen LogP contribution in [0.25, 0.3) is 0 Å². The van der Waals surface area contributed by atoms with Crippen LogP contribution in [0.4, 0.5) is 0 Å². The maximum absolute atomic E-state index is 8.89. The second-order valence-corrected chi connectivity index (χ2v) is 4.66. The molecule has 2 rings (SSSR count). The van der Waals surface area contributed by atoms with Gasteiger partial charge in [0.1, 0.15) is 0 Å². The molecule has 19 heavy (non-hydrogen) atoms. The Kier molecular flexibility index (Phi) is 4.38. The van der Waals surface area contributed by atoms with Gasteiger partial charge in [0.05, 0.1) is 11.6 Å². The fourth-order valence-electron chi connectivity index (χ4n) is 2.14. The molecule has 0 aliphatic carbocycles. The molecule has 0 saturated carbocycles. The Morgan fingerprint density at radius 2 is 2.16 bits per heavy atom. The van der Waals surface area contributed by atoms with Gasteiger partial charge in [-0.1, -0.05) is 13.0 Å². The first-order valence-electron chi connectivity index (χ1n) is 6.59. The van der Waals surface area contributed by atoms with Crippen LogP contribution in [-0.4, -0.2) is 11.1 Å². The highest BCUT2D eigenvalue weighted by Gasteiger charge is 2.04. The minimum absolute atomic E-state index is 0.724. The van der Waals surface area contributed by atoms with E-state index in [4.69, 9.17) is 5.26 Å². The van der Waals surface area contributed by atoms with Crippen molar-refractivity contribution in [1.29, 1.82) is 5.26 Å². The summed E-state index contributed by atoms with van der Waals surface area (Å²) in [5, 5.41) is 12.2. The van der Waals surface area contributed by atoms with Crippen LogP contribution in [-0.2, 0) is 13.1 Å². The zero-order valence-corrected chi connectivity index (χ0v) is 11.5. The Balaban J connectivity index is 2.17. The van der Waals surface area contributed by atoms with Crippen molar-refractivity contribution < 1.29 is 0 Å². The smallest absolute Gasteiger partial charge is 0.0991 e. The minimum atomic E-state index is 0.724. The molecule has 0 saturated heterocycles. The van der Waals surface area contributed by atoms with Gasteiger partial charge in [-0.3, -0.25) is 0 Å². The maximum Gasteiger partial charge on any atom is 0.0991 e. The molecule has 0 aliphatic rings. The van der Waals surface area contributed by atoms with Gasteiger partial charge >= 0.3 is 0 Å². The molecule has 0 aliphatic heterocycles. The van der Waals surface area contributed by atoms with E-state index in [2.05, 4.69) is 48.1 Å². The topological polar surface area (TPSA) is 40.8 Å². The fourth-order valence-corrected chi connectivity index (χ4v) is 2.14. The van der Waals surface area contributed by atoms with Gasteiger partial charge in [0.25, 0.3) is 0 Å². The molecule has 0 unspecified atom stereocenters. The van der Waals surface area contributed by atoms with Gasteiger partial charge in [0.2, 0.25) is 0 Å². The lowest BCUT2D eigenvalue weighted by Gasteiger charge is -2.12. The Bertz CT molecular complexity index is 590. The number of nitrogens with zero attached hydrogens (tertiary/aromatic N) is 2. The summed E-state index contributed by atoms with van der Waals surface area (Å²) in [4.78, 5) is 0. The Morgan fingerprint density at radius 1 is 1.32 bits per heavy atom. The summed E-state index contributed by atoms with van der Waals surface area (Å²) in [6.07, 6.45) is 2.10. The predicted molar refractivity (Wildman–Crippen MR) is 76.8 cm³/mol. The van der Waals surface area contributed by atoms with E-state index in [1.807, 2.05) is 18.2 Å². The van der Waals surface area contributed by atoms with Crippen molar-refractivity contribution in [3.8, 4) is 6.07 Å². The Morgan fingerprint density at radius 3 is 2.84 bits per heavy atom. The number of aryl methyl sites for hydroxylation is 1. The average Bonchev–Trinajstić information content (AvgIpc) is 2.86. The van der Waals surface area contributed by atoms with E-state index in [0.29, 0.717) is 0 Å². The van der Waals surface area contributed by atoms with Crippen molar-refractivity contribution in [3.63, 3.8) is 0 Å². The van der Waals surface area contributed by atoms with Gasteiger partial charge in [-0.05, 0) is 48.9 Å². The summed E-state index contributed by atoms with van der Waals surface area (Å²) < 4.78 is 2.25. The summed E-state index contributed by atoms with van der Waals surface area (Å²) in [5.41, 5.74) is 4.43. The molecule has 2 aromatic rings. The van der Waals surface area contributed by atoms with Gasteiger partial charge in [0, 0.05) is 25.0 Å². The highest BCUT2D eigenvalue weighted by molar-refractivity contribution is 5.37. The molecule has 3 nitrogen and oxygen atoms in total. The van der Waals surface area contributed by atoms with Gasteiger partial charge in [-0.2, -0.15) is 5.26 Å². The molecule has 1 heterocycles. The summed E-state index contributed by atoms with van der Waals surface area (Å²) >= 11 is 0. The van der Waals surface area contributed by atoms with E-state index in [9.17, 15) is 0 Å². The molecule has 0 radical (unpaired) electrons. The van der Waals surface area contributed by atoms with Crippen LogP contribution in [0.2, 0.25) is 0 Å². The molecule has 3 heteroatoms. The first-order chi connectivity index (χ1) is 9.24. The minimum Gasteiger partial charge on any atom is -0.346 e. The zero-order chi connectivity index (χ0) is 13.7. The van der Waals surface area contributed by atoms with Crippen LogP contribution in [0.15, 0.2) is 36.5 Å². The number of hydrogen-bond donors (Lipinski definition) is 1. The predicted octanol–water partition coefficient (Wildman–Crippen LogP) is 2.83. The second kappa shape index (κ2) is 6.21.